The van der Waals surface area contributed by atoms with Gasteiger partial charge in [0.05, 0.1) is 0 Å². The van der Waals surface area contributed by atoms with Crippen LogP contribution in [0.2, 0.25) is 0 Å². The number of fused-ring (bicyclic) bond motifs is 1. The molecule has 0 bridgehead atoms. The van der Waals surface area contributed by atoms with Gasteiger partial charge in [-0.15, -0.1) is 11.3 Å². The Bertz CT molecular complexity index is 1320. The molecule has 4 nitrogen and oxygen atoms in total. The van der Waals surface area contributed by atoms with E-state index in [4.69, 9.17) is 4.74 Å². The molecule has 4 aromatic rings. The van der Waals surface area contributed by atoms with Crippen molar-refractivity contribution < 1.29 is 9.53 Å². The van der Waals surface area contributed by atoms with E-state index in [2.05, 4.69) is 84.6 Å². The Labute approximate surface area is 229 Å². The fraction of sp³-hybridized carbons (Fsp3) is 0.303. The van der Waals surface area contributed by atoms with Gasteiger partial charge in [-0.3, -0.25) is 9.80 Å². The largest absolute Gasteiger partial charge is 0.420 e. The molecule has 1 aromatic heterocycles. The van der Waals surface area contributed by atoms with E-state index in [0.29, 0.717) is 29.4 Å². The molecule has 0 N–H and O–H groups in total. The molecule has 0 radical (unpaired) electrons. The van der Waals surface area contributed by atoms with E-state index in [1.807, 2.05) is 28.5 Å². The fourth-order valence-electron chi connectivity index (χ4n) is 5.86. The zero-order chi connectivity index (χ0) is 25.9. The van der Waals surface area contributed by atoms with Gasteiger partial charge in [-0.1, -0.05) is 73.7 Å². The van der Waals surface area contributed by atoms with Crippen LogP contribution in [-0.2, 0) is 19.4 Å². The number of carbonyl (C=O) groups excluding carboxylic acids is 1. The summed E-state index contributed by atoms with van der Waals surface area (Å²) >= 11 is 1.45. The number of ether oxygens (including phenoxy) is 1. The van der Waals surface area contributed by atoms with E-state index < -0.39 is 0 Å². The second-order valence-electron chi connectivity index (χ2n) is 10.6. The Morgan fingerprint density at radius 3 is 2.16 bits per heavy atom. The quantitative estimate of drug-likeness (QED) is 0.231. The number of aryl methyl sites for hydroxylation is 1. The lowest BCUT2D eigenvalue weighted by molar-refractivity contribution is 0.207. The molecule has 1 aliphatic carbocycles. The van der Waals surface area contributed by atoms with Gasteiger partial charge in [0.1, 0.15) is 0 Å². The zero-order valence-electron chi connectivity index (χ0n) is 21.8. The number of anilines is 1. The molecule has 1 saturated carbocycles. The third-order valence-electron chi connectivity index (χ3n) is 8.08. The predicted molar refractivity (Wildman–Crippen MR) is 155 cm³/mol. The van der Waals surface area contributed by atoms with Crippen molar-refractivity contribution >= 4 is 23.1 Å². The predicted octanol–water partition coefficient (Wildman–Crippen LogP) is 7.28. The molecule has 1 amide bonds. The second kappa shape index (κ2) is 11.1. The first-order chi connectivity index (χ1) is 18.7. The highest BCUT2D eigenvalue weighted by atomic mass is 32.1. The van der Waals surface area contributed by atoms with Crippen LogP contribution < -0.4 is 9.64 Å². The lowest BCUT2D eigenvalue weighted by Crippen LogP contribution is -2.37. The van der Waals surface area contributed by atoms with Crippen molar-refractivity contribution in [3.05, 3.63) is 119 Å². The van der Waals surface area contributed by atoms with Gasteiger partial charge in [-0.05, 0) is 82.5 Å². The molecule has 2 unspecified atom stereocenters. The number of nitrogens with zero attached hydrogens (tertiary/aromatic N) is 2. The summed E-state index contributed by atoms with van der Waals surface area (Å²) < 4.78 is 5.76. The summed E-state index contributed by atoms with van der Waals surface area (Å²) in [5.74, 6) is 1.83. The van der Waals surface area contributed by atoms with Gasteiger partial charge >= 0.3 is 6.09 Å². The molecule has 6 rings (SSSR count). The number of benzene rings is 3. The molecule has 5 heteroatoms. The van der Waals surface area contributed by atoms with Crippen LogP contribution in [0.15, 0.2) is 96.4 Å². The third kappa shape index (κ3) is 5.69. The van der Waals surface area contributed by atoms with Crippen molar-refractivity contribution in [1.82, 2.24) is 4.90 Å². The lowest BCUT2D eigenvalue weighted by Gasteiger charge is -2.25. The Kier molecular flexibility index (Phi) is 7.30. The Morgan fingerprint density at radius 2 is 1.50 bits per heavy atom. The van der Waals surface area contributed by atoms with Crippen LogP contribution in [0.3, 0.4) is 0 Å². The average Bonchev–Trinajstić information content (AvgIpc) is 3.29. The van der Waals surface area contributed by atoms with E-state index in [-0.39, 0.29) is 6.09 Å². The molecule has 0 spiro atoms. The average molecular weight is 523 g/mol. The molecule has 2 heterocycles. The first-order valence-corrected chi connectivity index (χ1v) is 14.5. The number of hydrogen-bond acceptors (Lipinski definition) is 4. The first kappa shape index (κ1) is 24.9. The highest BCUT2D eigenvalue weighted by Gasteiger charge is 2.56. The van der Waals surface area contributed by atoms with Crippen molar-refractivity contribution in [3.8, 4) is 5.06 Å². The van der Waals surface area contributed by atoms with Crippen molar-refractivity contribution in [2.45, 2.75) is 26.3 Å². The monoisotopic (exact) mass is 522 g/mol. The summed E-state index contributed by atoms with van der Waals surface area (Å²) in [5.41, 5.74) is 6.20. The van der Waals surface area contributed by atoms with E-state index in [0.717, 1.165) is 38.2 Å². The molecular weight excluding hydrogens is 488 g/mol. The number of piperidine rings is 1. The molecule has 194 valence electrons. The van der Waals surface area contributed by atoms with Crippen molar-refractivity contribution in [2.24, 2.45) is 17.8 Å². The first-order valence-electron chi connectivity index (χ1n) is 13.6. The summed E-state index contributed by atoms with van der Waals surface area (Å²) in [6.07, 6.45) is 1.67. The van der Waals surface area contributed by atoms with Crippen molar-refractivity contribution in [3.63, 3.8) is 0 Å². The van der Waals surface area contributed by atoms with Crippen LogP contribution in [-0.4, -0.2) is 30.6 Å². The maximum Gasteiger partial charge on any atom is 0.420 e. The van der Waals surface area contributed by atoms with Gasteiger partial charge in [-0.2, -0.15) is 0 Å². The summed E-state index contributed by atoms with van der Waals surface area (Å²) in [7, 11) is 0. The highest BCUT2D eigenvalue weighted by Crippen LogP contribution is 2.52. The van der Waals surface area contributed by atoms with Crippen LogP contribution in [0, 0.1) is 17.8 Å². The molecule has 2 atom stereocenters. The Balaban J connectivity index is 1.11. The fourth-order valence-corrected chi connectivity index (χ4v) is 6.43. The van der Waals surface area contributed by atoms with Gasteiger partial charge in [0.2, 0.25) is 0 Å². The van der Waals surface area contributed by atoms with Gasteiger partial charge in [-0.25, -0.2) is 4.79 Å². The third-order valence-corrected chi connectivity index (χ3v) is 8.83. The van der Waals surface area contributed by atoms with Crippen molar-refractivity contribution in [1.29, 1.82) is 0 Å². The van der Waals surface area contributed by atoms with E-state index in [1.165, 1.54) is 33.6 Å². The van der Waals surface area contributed by atoms with Gasteiger partial charge < -0.3 is 4.74 Å². The number of amides is 1. The molecule has 38 heavy (non-hydrogen) atoms. The van der Waals surface area contributed by atoms with Crippen LogP contribution in [0.4, 0.5) is 10.5 Å². The summed E-state index contributed by atoms with van der Waals surface area (Å²) in [5, 5.41) is 2.57. The number of carbonyl (C=O) groups is 1. The molecule has 2 fully saturated rings. The van der Waals surface area contributed by atoms with Crippen LogP contribution in [0.1, 0.15) is 29.2 Å². The number of thiophene rings is 1. The van der Waals surface area contributed by atoms with Gasteiger partial charge in [0.25, 0.3) is 0 Å². The zero-order valence-corrected chi connectivity index (χ0v) is 22.6. The van der Waals surface area contributed by atoms with Crippen molar-refractivity contribution in [2.75, 3.05) is 24.5 Å². The minimum atomic E-state index is -0.291. The molecular formula is C33H34N2O2S. The van der Waals surface area contributed by atoms with Crippen LogP contribution in [0.25, 0.3) is 0 Å². The SMILES string of the molecule is CCc1ccc(CN2CC3C(C2)C3CN(C(=O)Oc2cccs2)c2ccc(Cc3ccccc3)cc2)cc1. The molecule has 3 aromatic carbocycles. The Morgan fingerprint density at radius 1 is 0.842 bits per heavy atom. The van der Waals surface area contributed by atoms with E-state index >= 15 is 0 Å². The summed E-state index contributed by atoms with van der Waals surface area (Å²) in [6.45, 7) is 6.12. The maximum atomic E-state index is 13.3. The van der Waals surface area contributed by atoms with E-state index in [9.17, 15) is 4.79 Å². The van der Waals surface area contributed by atoms with Gasteiger partial charge in [0, 0.05) is 31.9 Å². The highest BCUT2D eigenvalue weighted by molar-refractivity contribution is 7.11. The second-order valence-corrected chi connectivity index (χ2v) is 11.5. The summed E-state index contributed by atoms with van der Waals surface area (Å²) in [4.78, 5) is 17.7. The normalized spacial score (nSPS) is 20.2. The topological polar surface area (TPSA) is 32.8 Å². The van der Waals surface area contributed by atoms with Crippen LogP contribution >= 0.6 is 11.3 Å². The maximum absolute atomic E-state index is 13.3. The number of rotatable bonds is 9. The molecule has 1 aliphatic heterocycles. The lowest BCUT2D eigenvalue weighted by atomic mass is 10.0. The van der Waals surface area contributed by atoms with E-state index in [1.54, 1.807) is 0 Å². The standard InChI is InChI=1S/C33H34N2O2S/c1-2-24-10-12-27(13-11-24)20-34-21-29-30(22-34)31(29)23-35(33(36)37-32-9-6-18-38-32)28-16-14-26(15-17-28)19-25-7-4-3-5-8-25/h3-18,29-31H,2,19-23H2,1H3. The van der Waals surface area contributed by atoms with Gasteiger partial charge in [0.15, 0.2) is 5.06 Å². The van der Waals surface area contributed by atoms with Crippen LogP contribution in [0.5, 0.6) is 5.06 Å². The number of likely N-dealkylation sites (tertiary alicyclic amines) is 1. The Hall–Kier alpha value is -3.41. The summed E-state index contributed by atoms with van der Waals surface area (Å²) in [6, 6.07) is 31.7. The molecule has 1 saturated heterocycles. The minimum Gasteiger partial charge on any atom is -0.399 e. The smallest absolute Gasteiger partial charge is 0.399 e. The molecule has 2 aliphatic rings. The number of hydrogen-bond donors (Lipinski definition) is 0. The minimum absolute atomic E-state index is 0.291.